The molecule has 98 valence electrons. The van der Waals surface area contributed by atoms with Crippen molar-refractivity contribution in [2.75, 3.05) is 17.6 Å². The van der Waals surface area contributed by atoms with Crippen molar-refractivity contribution < 1.29 is 9.90 Å². The SMILES string of the molecule is Nc1cccc(C(=O)O)c1NCCc1ccccn1. The third-order valence-electron chi connectivity index (χ3n) is 2.74. The second kappa shape index (κ2) is 5.86. The maximum absolute atomic E-state index is 11.1. The molecule has 0 radical (unpaired) electrons. The molecule has 0 aliphatic carbocycles. The van der Waals surface area contributed by atoms with Crippen molar-refractivity contribution in [1.29, 1.82) is 0 Å². The molecule has 0 saturated heterocycles. The highest BCUT2D eigenvalue weighted by Crippen LogP contribution is 2.23. The summed E-state index contributed by atoms with van der Waals surface area (Å²) in [5, 5.41) is 12.2. The van der Waals surface area contributed by atoms with E-state index in [-0.39, 0.29) is 5.56 Å². The van der Waals surface area contributed by atoms with Crippen LogP contribution in [0.2, 0.25) is 0 Å². The van der Waals surface area contributed by atoms with Crippen LogP contribution < -0.4 is 11.1 Å². The Morgan fingerprint density at radius 3 is 2.79 bits per heavy atom. The fraction of sp³-hybridized carbons (Fsp3) is 0.143. The zero-order valence-electron chi connectivity index (χ0n) is 10.3. The Bertz CT molecular complexity index is 570. The van der Waals surface area contributed by atoms with E-state index in [0.29, 0.717) is 24.3 Å². The number of benzene rings is 1. The van der Waals surface area contributed by atoms with Crippen LogP contribution in [0, 0.1) is 0 Å². The zero-order valence-corrected chi connectivity index (χ0v) is 10.3. The fourth-order valence-electron chi connectivity index (χ4n) is 1.81. The molecule has 0 fully saturated rings. The minimum atomic E-state index is -0.993. The molecule has 0 bridgehead atoms. The Kier molecular flexibility index (Phi) is 3.97. The first-order chi connectivity index (χ1) is 9.18. The molecule has 0 aliphatic heterocycles. The number of nitrogen functional groups attached to an aromatic ring is 1. The number of nitrogens with two attached hydrogens (primary N) is 1. The number of para-hydroxylation sites is 1. The minimum Gasteiger partial charge on any atom is -0.478 e. The lowest BCUT2D eigenvalue weighted by Crippen LogP contribution is -2.12. The number of carbonyl (C=O) groups is 1. The number of nitrogens with one attached hydrogen (secondary N) is 1. The molecular weight excluding hydrogens is 242 g/mol. The highest BCUT2D eigenvalue weighted by atomic mass is 16.4. The Labute approximate surface area is 111 Å². The number of aromatic carboxylic acids is 1. The summed E-state index contributed by atoms with van der Waals surface area (Å²) < 4.78 is 0. The molecule has 0 unspecified atom stereocenters. The molecule has 0 amide bonds. The summed E-state index contributed by atoms with van der Waals surface area (Å²) in [5.74, 6) is -0.993. The lowest BCUT2D eigenvalue weighted by molar-refractivity contribution is 0.0698. The maximum atomic E-state index is 11.1. The maximum Gasteiger partial charge on any atom is 0.337 e. The summed E-state index contributed by atoms with van der Waals surface area (Å²) in [7, 11) is 0. The Hall–Kier alpha value is -2.56. The van der Waals surface area contributed by atoms with Gasteiger partial charge < -0.3 is 16.2 Å². The third kappa shape index (κ3) is 3.22. The second-order valence-electron chi connectivity index (χ2n) is 4.07. The lowest BCUT2D eigenvalue weighted by atomic mass is 10.1. The minimum absolute atomic E-state index is 0.182. The van der Waals surface area contributed by atoms with Crippen molar-refractivity contribution in [3.8, 4) is 0 Å². The van der Waals surface area contributed by atoms with Crippen LogP contribution in [0.15, 0.2) is 42.6 Å². The topological polar surface area (TPSA) is 88.2 Å². The van der Waals surface area contributed by atoms with Crippen molar-refractivity contribution in [3.63, 3.8) is 0 Å². The number of aromatic nitrogens is 1. The van der Waals surface area contributed by atoms with E-state index in [2.05, 4.69) is 10.3 Å². The molecule has 1 aromatic carbocycles. The largest absolute Gasteiger partial charge is 0.478 e. The standard InChI is InChI=1S/C14H15N3O2/c15-12-6-3-5-11(14(18)19)13(12)17-9-7-10-4-1-2-8-16-10/h1-6,8,17H,7,9,15H2,(H,18,19). The molecule has 0 aliphatic rings. The molecule has 5 nitrogen and oxygen atoms in total. The van der Waals surface area contributed by atoms with Gasteiger partial charge in [-0.15, -0.1) is 0 Å². The Morgan fingerprint density at radius 2 is 2.11 bits per heavy atom. The van der Waals surface area contributed by atoms with Crippen molar-refractivity contribution in [2.24, 2.45) is 0 Å². The predicted octanol–water partition coefficient (Wildman–Crippen LogP) is 2.02. The normalized spacial score (nSPS) is 10.1. The summed E-state index contributed by atoms with van der Waals surface area (Å²) in [6.07, 6.45) is 2.43. The van der Waals surface area contributed by atoms with Gasteiger partial charge in [-0.3, -0.25) is 4.98 Å². The van der Waals surface area contributed by atoms with E-state index in [0.717, 1.165) is 5.69 Å². The van der Waals surface area contributed by atoms with Gasteiger partial charge in [0.25, 0.3) is 0 Å². The number of carboxylic acid groups (broad SMARTS) is 1. The van der Waals surface area contributed by atoms with Gasteiger partial charge in [0.1, 0.15) is 0 Å². The molecule has 0 atom stereocenters. The third-order valence-corrected chi connectivity index (χ3v) is 2.74. The van der Waals surface area contributed by atoms with Crippen LogP contribution in [-0.2, 0) is 6.42 Å². The van der Waals surface area contributed by atoms with Crippen molar-refractivity contribution in [3.05, 3.63) is 53.9 Å². The van der Waals surface area contributed by atoms with Crippen LogP contribution in [0.3, 0.4) is 0 Å². The first kappa shape index (κ1) is 12.9. The molecule has 1 aromatic heterocycles. The Morgan fingerprint density at radius 1 is 1.26 bits per heavy atom. The number of rotatable bonds is 5. The molecule has 0 saturated carbocycles. The lowest BCUT2D eigenvalue weighted by Gasteiger charge is -2.11. The summed E-state index contributed by atoms with van der Waals surface area (Å²) in [6.45, 7) is 0.575. The number of anilines is 2. The van der Waals surface area contributed by atoms with Crippen LogP contribution in [0.4, 0.5) is 11.4 Å². The first-order valence-electron chi connectivity index (χ1n) is 5.94. The molecule has 2 aromatic rings. The zero-order chi connectivity index (χ0) is 13.7. The number of hydrogen-bond acceptors (Lipinski definition) is 4. The van der Waals surface area contributed by atoms with Gasteiger partial charge in [-0.2, -0.15) is 0 Å². The van der Waals surface area contributed by atoms with Gasteiger partial charge in [0.05, 0.1) is 16.9 Å². The van der Waals surface area contributed by atoms with E-state index >= 15 is 0 Å². The number of carboxylic acids is 1. The van der Waals surface area contributed by atoms with Crippen molar-refractivity contribution >= 4 is 17.3 Å². The molecule has 19 heavy (non-hydrogen) atoms. The molecule has 4 N–H and O–H groups in total. The van der Waals surface area contributed by atoms with E-state index in [1.807, 2.05) is 18.2 Å². The van der Waals surface area contributed by atoms with Crippen LogP contribution in [0.5, 0.6) is 0 Å². The molecule has 0 spiro atoms. The van der Waals surface area contributed by atoms with Gasteiger partial charge in [0, 0.05) is 24.9 Å². The molecule has 1 heterocycles. The number of hydrogen-bond donors (Lipinski definition) is 3. The quantitative estimate of drug-likeness (QED) is 0.713. The van der Waals surface area contributed by atoms with Gasteiger partial charge in [0.2, 0.25) is 0 Å². The van der Waals surface area contributed by atoms with Crippen molar-refractivity contribution in [1.82, 2.24) is 4.98 Å². The molecule has 5 heteroatoms. The Balaban J connectivity index is 2.05. The predicted molar refractivity (Wildman–Crippen MR) is 74.2 cm³/mol. The number of pyridine rings is 1. The smallest absolute Gasteiger partial charge is 0.337 e. The van der Waals surface area contributed by atoms with E-state index in [1.54, 1.807) is 18.3 Å². The highest BCUT2D eigenvalue weighted by Gasteiger charge is 2.11. The van der Waals surface area contributed by atoms with E-state index in [1.165, 1.54) is 6.07 Å². The van der Waals surface area contributed by atoms with Crippen molar-refractivity contribution in [2.45, 2.75) is 6.42 Å². The van der Waals surface area contributed by atoms with E-state index < -0.39 is 5.97 Å². The van der Waals surface area contributed by atoms with Gasteiger partial charge in [-0.05, 0) is 24.3 Å². The van der Waals surface area contributed by atoms with Gasteiger partial charge >= 0.3 is 5.97 Å². The van der Waals surface area contributed by atoms with Gasteiger partial charge in [0.15, 0.2) is 0 Å². The molecular formula is C14H15N3O2. The van der Waals surface area contributed by atoms with Crippen LogP contribution in [0.1, 0.15) is 16.1 Å². The first-order valence-corrected chi connectivity index (χ1v) is 5.94. The molecule has 2 rings (SSSR count). The fourth-order valence-corrected chi connectivity index (χ4v) is 1.81. The van der Waals surface area contributed by atoms with Crippen LogP contribution in [0.25, 0.3) is 0 Å². The van der Waals surface area contributed by atoms with Gasteiger partial charge in [-0.1, -0.05) is 12.1 Å². The summed E-state index contributed by atoms with van der Waals surface area (Å²) in [6, 6.07) is 10.5. The average Bonchev–Trinajstić information content (AvgIpc) is 2.41. The summed E-state index contributed by atoms with van der Waals surface area (Å²) >= 11 is 0. The highest BCUT2D eigenvalue weighted by molar-refractivity contribution is 5.97. The monoisotopic (exact) mass is 257 g/mol. The van der Waals surface area contributed by atoms with Crippen LogP contribution in [-0.4, -0.2) is 22.6 Å². The summed E-state index contributed by atoms with van der Waals surface area (Å²) in [4.78, 5) is 15.3. The second-order valence-corrected chi connectivity index (χ2v) is 4.07. The number of nitrogens with zero attached hydrogens (tertiary/aromatic N) is 1. The van der Waals surface area contributed by atoms with Gasteiger partial charge in [-0.25, -0.2) is 4.79 Å². The van der Waals surface area contributed by atoms with E-state index in [9.17, 15) is 4.79 Å². The van der Waals surface area contributed by atoms with Crippen LogP contribution >= 0.6 is 0 Å². The summed E-state index contributed by atoms with van der Waals surface area (Å²) in [5.41, 5.74) is 7.82. The van der Waals surface area contributed by atoms with E-state index in [4.69, 9.17) is 10.8 Å². The average molecular weight is 257 g/mol.